The molecule has 7 heteroatoms. The fourth-order valence-corrected chi connectivity index (χ4v) is 3.07. The maximum Gasteiger partial charge on any atom is 0.318 e. The summed E-state index contributed by atoms with van der Waals surface area (Å²) >= 11 is 0. The summed E-state index contributed by atoms with van der Waals surface area (Å²) in [4.78, 5) is 10.6. The summed E-state index contributed by atoms with van der Waals surface area (Å²) in [6.07, 6.45) is 0. The summed E-state index contributed by atoms with van der Waals surface area (Å²) in [5, 5.41) is 17.4. The lowest BCUT2D eigenvalue weighted by Gasteiger charge is -2.18. The second-order valence-electron chi connectivity index (χ2n) is 3.89. The van der Waals surface area contributed by atoms with Crippen molar-refractivity contribution in [1.29, 1.82) is 5.26 Å². The molecule has 0 aliphatic rings. The van der Waals surface area contributed by atoms with Crippen molar-refractivity contribution in [3.05, 3.63) is 35.4 Å². The normalized spacial score (nSPS) is 11.2. The zero-order valence-corrected chi connectivity index (χ0v) is 11.2. The summed E-state index contributed by atoms with van der Waals surface area (Å²) in [7, 11) is -3.70. The minimum absolute atomic E-state index is 0.0899. The summed E-state index contributed by atoms with van der Waals surface area (Å²) in [6.45, 7) is 1.11. The highest BCUT2D eigenvalue weighted by Gasteiger charge is 2.23. The van der Waals surface area contributed by atoms with Gasteiger partial charge in [0.1, 0.15) is 6.54 Å². The van der Waals surface area contributed by atoms with Gasteiger partial charge in [-0.2, -0.15) is 9.57 Å². The molecule has 0 saturated heterocycles. The zero-order chi connectivity index (χ0) is 14.5. The summed E-state index contributed by atoms with van der Waals surface area (Å²) in [5.41, 5.74) is 0.830. The third-order valence-electron chi connectivity index (χ3n) is 2.46. The number of hydrogen-bond donors (Lipinski definition) is 1. The van der Waals surface area contributed by atoms with Gasteiger partial charge in [0.2, 0.25) is 10.0 Å². The number of carboxylic acid groups (broad SMARTS) is 1. The molecule has 0 aliphatic carbocycles. The number of rotatable bonds is 6. The Morgan fingerprint density at radius 1 is 1.47 bits per heavy atom. The van der Waals surface area contributed by atoms with Crippen molar-refractivity contribution >= 4 is 16.0 Å². The van der Waals surface area contributed by atoms with Crippen LogP contribution < -0.4 is 0 Å². The fraction of sp³-hybridized carbons (Fsp3) is 0.333. The van der Waals surface area contributed by atoms with Crippen molar-refractivity contribution in [3.63, 3.8) is 0 Å². The van der Waals surface area contributed by atoms with E-state index in [4.69, 9.17) is 10.4 Å². The molecule has 0 atom stereocenters. The lowest BCUT2D eigenvalue weighted by molar-refractivity contribution is -0.137. The third-order valence-corrected chi connectivity index (χ3v) is 4.34. The molecule has 0 heterocycles. The second kappa shape index (κ2) is 6.31. The number of nitriles is 1. The highest BCUT2D eigenvalue weighted by Crippen LogP contribution is 2.12. The number of carboxylic acids is 1. The van der Waals surface area contributed by atoms with E-state index in [1.54, 1.807) is 25.1 Å². The number of likely N-dealkylation sites (N-methyl/N-ethyl adjacent to an activating group) is 1. The summed E-state index contributed by atoms with van der Waals surface area (Å²) < 4.78 is 25.0. The zero-order valence-electron chi connectivity index (χ0n) is 10.4. The van der Waals surface area contributed by atoms with Crippen LogP contribution >= 0.6 is 0 Å². The van der Waals surface area contributed by atoms with Gasteiger partial charge in [-0.25, -0.2) is 8.42 Å². The second-order valence-corrected chi connectivity index (χ2v) is 5.86. The van der Waals surface area contributed by atoms with E-state index < -0.39 is 22.5 Å². The van der Waals surface area contributed by atoms with Gasteiger partial charge in [-0.3, -0.25) is 4.79 Å². The van der Waals surface area contributed by atoms with Crippen LogP contribution in [0.25, 0.3) is 0 Å². The number of benzene rings is 1. The Morgan fingerprint density at radius 3 is 2.68 bits per heavy atom. The Bertz CT molecular complexity index is 604. The van der Waals surface area contributed by atoms with Crippen molar-refractivity contribution in [1.82, 2.24) is 4.31 Å². The highest BCUT2D eigenvalue weighted by atomic mass is 32.2. The molecule has 1 rings (SSSR count). The molecule has 0 amide bonds. The maximum atomic E-state index is 12.0. The van der Waals surface area contributed by atoms with E-state index in [0.29, 0.717) is 11.1 Å². The Morgan fingerprint density at radius 2 is 2.16 bits per heavy atom. The molecule has 1 aromatic carbocycles. The first kappa shape index (κ1) is 15.1. The standard InChI is InChI=1S/C12H14N2O4S/c1-2-14(8-12(15)16)19(17,18)9-11-5-3-4-10(6-11)7-13/h3-6H,2,8-9H2,1H3,(H,15,16). The van der Waals surface area contributed by atoms with Crippen molar-refractivity contribution in [3.8, 4) is 6.07 Å². The molecule has 1 aromatic rings. The van der Waals surface area contributed by atoms with Gasteiger partial charge in [-0.15, -0.1) is 0 Å². The van der Waals surface area contributed by atoms with Crippen LogP contribution in [0.5, 0.6) is 0 Å². The first-order valence-electron chi connectivity index (χ1n) is 5.57. The molecule has 19 heavy (non-hydrogen) atoms. The smallest absolute Gasteiger partial charge is 0.318 e. The van der Waals surface area contributed by atoms with Crippen LogP contribution in [0.15, 0.2) is 24.3 Å². The van der Waals surface area contributed by atoms with Gasteiger partial charge in [0.15, 0.2) is 0 Å². The van der Waals surface area contributed by atoms with Crippen LogP contribution in [0.4, 0.5) is 0 Å². The quantitative estimate of drug-likeness (QED) is 0.831. The minimum Gasteiger partial charge on any atom is -0.480 e. The summed E-state index contributed by atoms with van der Waals surface area (Å²) in [6, 6.07) is 8.16. The van der Waals surface area contributed by atoms with Crippen LogP contribution in [-0.4, -0.2) is 36.9 Å². The molecule has 0 bridgehead atoms. The average molecular weight is 282 g/mol. The van der Waals surface area contributed by atoms with E-state index >= 15 is 0 Å². The lowest BCUT2D eigenvalue weighted by Crippen LogP contribution is -2.36. The lowest BCUT2D eigenvalue weighted by atomic mass is 10.2. The van der Waals surface area contributed by atoms with Crippen LogP contribution in [-0.2, 0) is 20.6 Å². The molecule has 1 N–H and O–H groups in total. The molecule has 102 valence electrons. The van der Waals surface area contributed by atoms with Gasteiger partial charge in [0.25, 0.3) is 0 Å². The van der Waals surface area contributed by atoms with E-state index in [0.717, 1.165) is 4.31 Å². The van der Waals surface area contributed by atoms with Gasteiger partial charge >= 0.3 is 5.97 Å². The number of aliphatic carboxylic acids is 1. The van der Waals surface area contributed by atoms with E-state index in [9.17, 15) is 13.2 Å². The molecule has 0 fully saturated rings. The van der Waals surface area contributed by atoms with Crippen LogP contribution in [0.3, 0.4) is 0 Å². The van der Waals surface area contributed by atoms with Gasteiger partial charge in [0.05, 0.1) is 17.4 Å². The Kier molecular flexibility index (Phi) is 5.03. The monoisotopic (exact) mass is 282 g/mol. The molecule has 0 aromatic heterocycles. The predicted octanol–water partition coefficient (Wildman–Crippen LogP) is 0.795. The van der Waals surface area contributed by atoms with Crippen molar-refractivity contribution in [2.75, 3.05) is 13.1 Å². The van der Waals surface area contributed by atoms with Crippen molar-refractivity contribution < 1.29 is 18.3 Å². The first-order valence-corrected chi connectivity index (χ1v) is 7.18. The van der Waals surface area contributed by atoms with Gasteiger partial charge < -0.3 is 5.11 Å². The molecule has 0 spiro atoms. The number of nitrogens with zero attached hydrogens (tertiary/aromatic N) is 2. The molecule has 6 nitrogen and oxygen atoms in total. The molecule has 0 saturated carbocycles. The average Bonchev–Trinajstić information content (AvgIpc) is 2.35. The van der Waals surface area contributed by atoms with Gasteiger partial charge in [-0.05, 0) is 17.7 Å². The third kappa shape index (κ3) is 4.35. The van der Waals surface area contributed by atoms with Gasteiger partial charge in [0, 0.05) is 6.54 Å². The SMILES string of the molecule is CCN(CC(=O)O)S(=O)(=O)Cc1cccc(C#N)c1. The summed E-state index contributed by atoms with van der Waals surface area (Å²) in [5.74, 6) is -1.51. The van der Waals surface area contributed by atoms with E-state index in [2.05, 4.69) is 0 Å². The largest absolute Gasteiger partial charge is 0.480 e. The van der Waals surface area contributed by atoms with E-state index in [1.807, 2.05) is 6.07 Å². The van der Waals surface area contributed by atoms with Crippen molar-refractivity contribution in [2.24, 2.45) is 0 Å². The fourth-order valence-electron chi connectivity index (χ4n) is 1.59. The van der Waals surface area contributed by atoms with Crippen molar-refractivity contribution in [2.45, 2.75) is 12.7 Å². The van der Waals surface area contributed by atoms with E-state index in [1.165, 1.54) is 6.07 Å². The predicted molar refractivity (Wildman–Crippen MR) is 68.7 cm³/mol. The van der Waals surface area contributed by atoms with Crippen LogP contribution in [0, 0.1) is 11.3 Å². The number of sulfonamides is 1. The molecule has 0 aliphatic heterocycles. The topological polar surface area (TPSA) is 98.5 Å². The van der Waals surface area contributed by atoms with Gasteiger partial charge in [-0.1, -0.05) is 19.1 Å². The molecule has 0 unspecified atom stereocenters. The van der Waals surface area contributed by atoms with E-state index in [-0.39, 0.29) is 12.3 Å². The number of carbonyl (C=O) groups is 1. The Hall–Kier alpha value is -1.91. The Labute approximate surface area is 111 Å². The molecular weight excluding hydrogens is 268 g/mol. The maximum absolute atomic E-state index is 12.0. The highest BCUT2D eigenvalue weighted by molar-refractivity contribution is 7.88. The first-order chi connectivity index (χ1) is 8.89. The minimum atomic E-state index is -3.70. The van der Waals surface area contributed by atoms with Crippen LogP contribution in [0.1, 0.15) is 18.1 Å². The van der Waals surface area contributed by atoms with Crippen LogP contribution in [0.2, 0.25) is 0 Å². The number of hydrogen-bond acceptors (Lipinski definition) is 4. The molecular formula is C12H14N2O4S. The Balaban J connectivity index is 2.95. The molecule has 0 radical (unpaired) electrons.